The van der Waals surface area contributed by atoms with Gasteiger partial charge in [-0.3, -0.25) is 25.2 Å². The number of benzene rings is 1. The van der Waals surface area contributed by atoms with E-state index < -0.39 is 11.8 Å². The third kappa shape index (κ3) is 3.97. The average molecular weight is 431 g/mol. The first-order valence-corrected chi connectivity index (χ1v) is 9.93. The number of nitrogens with zero attached hydrogens (tertiary/aromatic N) is 4. The molecule has 0 radical (unpaired) electrons. The Morgan fingerprint density at radius 1 is 1.03 bits per heavy atom. The Morgan fingerprint density at radius 3 is 2.59 bits per heavy atom. The fraction of sp³-hybridized carbons (Fsp3) is 0.182. The Hall–Kier alpha value is -4.34. The van der Waals surface area contributed by atoms with Crippen LogP contribution in [0, 0.1) is 13.8 Å². The summed E-state index contributed by atoms with van der Waals surface area (Å²) in [5, 5.41) is 5.09. The molecule has 0 bridgehead atoms. The highest BCUT2D eigenvalue weighted by molar-refractivity contribution is 5.98. The van der Waals surface area contributed by atoms with Gasteiger partial charge in [0.2, 0.25) is 5.91 Å². The topological polar surface area (TPSA) is 144 Å². The van der Waals surface area contributed by atoms with Crippen LogP contribution in [0.4, 0.5) is 0 Å². The molecular weight excluding hydrogens is 410 g/mol. The largest absolute Gasteiger partial charge is 0.365 e. The molecule has 0 aliphatic rings. The lowest BCUT2D eigenvalue weighted by molar-refractivity contribution is -0.121. The molecule has 3 heterocycles. The summed E-state index contributed by atoms with van der Waals surface area (Å²) in [4.78, 5) is 44.9. The van der Waals surface area contributed by atoms with Gasteiger partial charge >= 0.3 is 0 Å². The Morgan fingerprint density at radius 2 is 1.81 bits per heavy atom. The Bertz CT molecular complexity index is 1380. The average Bonchev–Trinajstić information content (AvgIpc) is 3.21. The molecule has 4 N–H and O–H groups in total. The molecule has 10 nitrogen and oxygen atoms in total. The number of hydrazine groups is 1. The summed E-state index contributed by atoms with van der Waals surface area (Å²) >= 11 is 0. The number of fused-ring (bicyclic) bond motifs is 2. The minimum absolute atomic E-state index is 0.115. The standard InChI is InChI=1S/C22H21N7O3/c1-12-15(13(2)29-21(25-12)16(11-24-29)20(23)31)8-10-19(30)27-28-22(32)18-9-7-14-5-3-4-6-17(14)26-18/h3-7,9,11H,8,10H2,1-2H3,(H2,23,31)(H,27,30)(H,28,32). The second kappa shape index (κ2) is 8.42. The van der Waals surface area contributed by atoms with Gasteiger partial charge in [-0.25, -0.2) is 14.5 Å². The summed E-state index contributed by atoms with van der Waals surface area (Å²) in [5.41, 5.74) is 14.0. The molecule has 0 unspecified atom stereocenters. The van der Waals surface area contributed by atoms with Crippen LogP contribution in [-0.4, -0.2) is 37.3 Å². The summed E-state index contributed by atoms with van der Waals surface area (Å²) in [6.45, 7) is 3.63. The Labute approximate surface area is 182 Å². The lowest BCUT2D eigenvalue weighted by Gasteiger charge is -2.12. The number of carbonyl (C=O) groups excluding carboxylic acids is 3. The molecule has 0 saturated carbocycles. The van der Waals surface area contributed by atoms with E-state index in [0.717, 1.165) is 16.6 Å². The van der Waals surface area contributed by atoms with Crippen LogP contribution in [0.15, 0.2) is 42.6 Å². The Kier molecular flexibility index (Phi) is 5.50. The van der Waals surface area contributed by atoms with Gasteiger partial charge in [0.15, 0.2) is 5.65 Å². The van der Waals surface area contributed by atoms with Crippen LogP contribution in [0.1, 0.15) is 44.2 Å². The van der Waals surface area contributed by atoms with E-state index in [2.05, 4.69) is 25.9 Å². The zero-order valence-corrected chi connectivity index (χ0v) is 17.5. The third-order valence-corrected chi connectivity index (χ3v) is 5.22. The van der Waals surface area contributed by atoms with Gasteiger partial charge in [-0.1, -0.05) is 24.3 Å². The van der Waals surface area contributed by atoms with Crippen molar-refractivity contribution in [2.75, 3.05) is 0 Å². The van der Waals surface area contributed by atoms with Gasteiger partial charge in [0.25, 0.3) is 11.8 Å². The minimum atomic E-state index is -0.602. The summed E-state index contributed by atoms with van der Waals surface area (Å²) in [7, 11) is 0. The lowest BCUT2D eigenvalue weighted by atomic mass is 10.1. The third-order valence-electron chi connectivity index (χ3n) is 5.22. The van der Waals surface area contributed by atoms with Crippen LogP contribution in [-0.2, 0) is 11.2 Å². The van der Waals surface area contributed by atoms with Crippen molar-refractivity contribution >= 4 is 34.3 Å². The number of amides is 3. The van der Waals surface area contributed by atoms with Crippen molar-refractivity contribution in [1.29, 1.82) is 0 Å². The van der Waals surface area contributed by atoms with Gasteiger partial charge in [0.05, 0.1) is 11.7 Å². The molecule has 1 aromatic carbocycles. The van der Waals surface area contributed by atoms with E-state index in [1.54, 1.807) is 19.1 Å². The molecule has 0 aliphatic heterocycles. The fourth-order valence-corrected chi connectivity index (χ4v) is 3.53. The molecule has 0 fully saturated rings. The number of hydrogen-bond acceptors (Lipinski definition) is 6. The second-order valence-corrected chi connectivity index (χ2v) is 7.31. The number of rotatable bonds is 5. The van der Waals surface area contributed by atoms with Gasteiger partial charge < -0.3 is 5.73 Å². The normalized spacial score (nSPS) is 10.9. The number of primary amides is 1. The Balaban J connectivity index is 1.40. The van der Waals surface area contributed by atoms with Gasteiger partial charge in [-0.15, -0.1) is 0 Å². The van der Waals surface area contributed by atoms with Crippen molar-refractivity contribution in [1.82, 2.24) is 30.4 Å². The highest BCUT2D eigenvalue weighted by atomic mass is 16.2. The molecule has 3 amide bonds. The molecule has 0 atom stereocenters. The van der Waals surface area contributed by atoms with Crippen molar-refractivity contribution in [2.24, 2.45) is 5.73 Å². The number of aryl methyl sites for hydroxylation is 2. The van der Waals surface area contributed by atoms with Crippen LogP contribution < -0.4 is 16.6 Å². The summed E-state index contributed by atoms with van der Waals surface area (Å²) in [6.07, 6.45) is 1.87. The predicted octanol–water partition coefficient (Wildman–Crippen LogP) is 1.39. The van der Waals surface area contributed by atoms with Gasteiger partial charge in [-0.2, -0.15) is 5.10 Å². The maximum atomic E-state index is 12.3. The zero-order valence-electron chi connectivity index (χ0n) is 17.5. The smallest absolute Gasteiger partial charge is 0.288 e. The monoisotopic (exact) mass is 431 g/mol. The van der Waals surface area contributed by atoms with Crippen LogP contribution in [0.2, 0.25) is 0 Å². The molecule has 0 aliphatic carbocycles. The number of nitrogens with one attached hydrogen (secondary N) is 2. The maximum absolute atomic E-state index is 12.3. The van der Waals surface area contributed by atoms with Crippen molar-refractivity contribution in [3.05, 3.63) is 70.8 Å². The summed E-state index contributed by atoms with van der Waals surface area (Å²) in [6, 6.07) is 10.8. The molecule has 162 valence electrons. The number of nitrogens with two attached hydrogens (primary N) is 1. The van der Waals surface area contributed by atoms with Crippen LogP contribution in [0.25, 0.3) is 16.6 Å². The first kappa shape index (κ1) is 20.9. The van der Waals surface area contributed by atoms with Crippen molar-refractivity contribution < 1.29 is 14.4 Å². The van der Waals surface area contributed by atoms with E-state index in [9.17, 15) is 14.4 Å². The molecule has 10 heteroatoms. The molecule has 3 aromatic heterocycles. The highest BCUT2D eigenvalue weighted by Gasteiger charge is 2.17. The SMILES string of the molecule is Cc1nc2c(C(N)=O)cnn2c(C)c1CCC(=O)NNC(=O)c1ccc2ccccc2n1. The molecule has 4 aromatic rings. The van der Waals surface area contributed by atoms with Crippen molar-refractivity contribution in [3.63, 3.8) is 0 Å². The van der Waals surface area contributed by atoms with E-state index in [1.165, 1.54) is 10.7 Å². The van der Waals surface area contributed by atoms with E-state index in [1.807, 2.05) is 31.2 Å². The van der Waals surface area contributed by atoms with Crippen LogP contribution in [0.5, 0.6) is 0 Å². The number of carbonyl (C=O) groups is 3. The molecule has 32 heavy (non-hydrogen) atoms. The predicted molar refractivity (Wildman–Crippen MR) is 117 cm³/mol. The summed E-state index contributed by atoms with van der Waals surface area (Å²) < 4.78 is 1.54. The lowest BCUT2D eigenvalue weighted by Crippen LogP contribution is -2.42. The molecular formula is C22H21N7O3. The summed E-state index contributed by atoms with van der Waals surface area (Å²) in [5.74, 6) is -1.47. The van der Waals surface area contributed by atoms with Crippen molar-refractivity contribution in [3.8, 4) is 0 Å². The number of para-hydroxylation sites is 1. The second-order valence-electron chi connectivity index (χ2n) is 7.31. The molecule has 4 rings (SSSR count). The van der Waals surface area contributed by atoms with Crippen LogP contribution >= 0.6 is 0 Å². The zero-order chi connectivity index (χ0) is 22.8. The van der Waals surface area contributed by atoms with Gasteiger partial charge in [-0.05, 0) is 38.0 Å². The quantitative estimate of drug-likeness (QED) is 0.407. The number of aromatic nitrogens is 4. The number of hydrogen-bond donors (Lipinski definition) is 3. The number of pyridine rings is 1. The fourth-order valence-electron chi connectivity index (χ4n) is 3.53. The van der Waals surface area contributed by atoms with Gasteiger partial charge in [0, 0.05) is 23.2 Å². The van der Waals surface area contributed by atoms with Crippen LogP contribution in [0.3, 0.4) is 0 Å². The van der Waals surface area contributed by atoms with Gasteiger partial charge in [0.1, 0.15) is 11.3 Å². The first-order chi connectivity index (χ1) is 15.3. The van der Waals surface area contributed by atoms with Crippen molar-refractivity contribution in [2.45, 2.75) is 26.7 Å². The minimum Gasteiger partial charge on any atom is -0.365 e. The van der Waals surface area contributed by atoms with E-state index in [0.29, 0.717) is 23.3 Å². The highest BCUT2D eigenvalue weighted by Crippen LogP contribution is 2.18. The van der Waals surface area contributed by atoms with E-state index >= 15 is 0 Å². The van der Waals surface area contributed by atoms with E-state index in [4.69, 9.17) is 5.73 Å². The first-order valence-electron chi connectivity index (χ1n) is 9.93. The maximum Gasteiger partial charge on any atom is 0.288 e. The molecule has 0 spiro atoms. The van der Waals surface area contributed by atoms with E-state index in [-0.39, 0.29) is 23.6 Å². The molecule has 0 saturated heterocycles.